The Morgan fingerprint density at radius 3 is 1.00 bits per heavy atom. The molecule has 654 valence electrons. The van der Waals surface area contributed by atoms with E-state index in [4.69, 9.17) is 44.8 Å². The predicted molar refractivity (Wildman–Crippen MR) is 467 cm³/mol. The zero-order chi connectivity index (χ0) is 88.7. The van der Waals surface area contributed by atoms with E-state index < -0.39 is 24.2 Å². The Balaban J connectivity index is 0.000000144. The molecule has 0 saturated carbocycles. The number of piperidine rings is 4. The van der Waals surface area contributed by atoms with Gasteiger partial charge in [0.15, 0.2) is 11.5 Å². The van der Waals surface area contributed by atoms with Gasteiger partial charge in [-0.1, -0.05) is 105 Å². The van der Waals surface area contributed by atoms with Crippen LogP contribution in [-0.2, 0) is 91.6 Å². The van der Waals surface area contributed by atoms with Gasteiger partial charge in [-0.15, -0.1) is 0 Å². The Kier molecular flexibility index (Phi) is 29.6. The number of hydrogen-bond donors (Lipinski definition) is 7. The van der Waals surface area contributed by atoms with Crippen LogP contribution in [0.3, 0.4) is 0 Å². The molecule has 0 bridgehead atoms. The van der Waals surface area contributed by atoms with Crippen LogP contribution in [0.2, 0.25) is 5.02 Å². The van der Waals surface area contributed by atoms with Crippen molar-refractivity contribution in [2.75, 3.05) is 61.6 Å². The number of hydrogen-bond acceptors (Lipinski definition) is 20. The van der Waals surface area contributed by atoms with Gasteiger partial charge in [0.05, 0.1) is 53.1 Å². The van der Waals surface area contributed by atoms with Crippen molar-refractivity contribution in [3.05, 3.63) is 289 Å². The number of aliphatic hydroxyl groups excluding tert-OH is 3. The second-order valence-corrected chi connectivity index (χ2v) is 32.5. The zero-order valence-electron chi connectivity index (χ0n) is 70.9. The maximum absolute atomic E-state index is 13.0. The number of aliphatic hydroxyl groups is 3. The van der Waals surface area contributed by atoms with Gasteiger partial charge in [-0.05, 0) is 198 Å². The van der Waals surface area contributed by atoms with E-state index in [1.165, 1.54) is 0 Å². The summed E-state index contributed by atoms with van der Waals surface area (Å²) in [5.41, 5.74) is 13.9. The van der Waals surface area contributed by atoms with E-state index in [9.17, 15) is 53.7 Å². The van der Waals surface area contributed by atoms with Crippen molar-refractivity contribution in [3.8, 4) is 40.2 Å². The lowest BCUT2D eigenvalue weighted by molar-refractivity contribution is -0.127. The van der Waals surface area contributed by atoms with Gasteiger partial charge in [0.2, 0.25) is 23.6 Å². The number of rotatable bonds is 28. The van der Waals surface area contributed by atoms with Gasteiger partial charge in [0, 0.05) is 91.0 Å². The van der Waals surface area contributed by atoms with Crippen molar-refractivity contribution < 1.29 is 86.8 Å². The average Bonchev–Trinajstić information content (AvgIpc) is 1.64. The molecule has 0 radical (unpaired) electrons. The second kappa shape index (κ2) is 41.1. The van der Waals surface area contributed by atoms with Gasteiger partial charge in [-0.2, -0.15) is 0 Å². The van der Waals surface area contributed by atoms with E-state index in [1.54, 1.807) is 87.4 Å². The first kappa shape index (κ1) is 89.9. The summed E-state index contributed by atoms with van der Waals surface area (Å²) < 4.78 is 41.4. The van der Waals surface area contributed by atoms with Gasteiger partial charge in [-0.3, -0.25) is 38.4 Å². The first-order chi connectivity index (χ1) is 60.3. The highest BCUT2D eigenvalue weighted by atomic mass is 35.5. The number of ether oxygens (including phenoxy) is 7. The molecule has 4 fully saturated rings. The molecule has 8 heterocycles. The molecule has 8 aliphatic heterocycles. The van der Waals surface area contributed by atoms with Gasteiger partial charge in [0.1, 0.15) is 92.6 Å². The number of halogens is 1. The van der Waals surface area contributed by atoms with Gasteiger partial charge < -0.3 is 99.1 Å². The van der Waals surface area contributed by atoms with Crippen molar-refractivity contribution >= 4 is 58.9 Å². The van der Waals surface area contributed by atoms with E-state index >= 15 is 0 Å². The third kappa shape index (κ3) is 21.5. The summed E-state index contributed by atoms with van der Waals surface area (Å²) >= 11 is 6.02. The first-order valence-electron chi connectivity index (χ1n) is 41.5. The van der Waals surface area contributed by atoms with E-state index in [-0.39, 0.29) is 80.3 Å². The highest BCUT2D eigenvalue weighted by molar-refractivity contribution is 6.30. The summed E-state index contributed by atoms with van der Waals surface area (Å²) in [6.07, 6.45) is 4.92. The Morgan fingerprint density at radius 1 is 0.360 bits per heavy atom. The van der Waals surface area contributed by atoms with Gasteiger partial charge in [-0.25, -0.2) is 0 Å². The standard InChI is InChI=1S/2C26H31N3O5.C23H24N2O5.C21H19ClN2O3/c1-17-8-10-21(25(30)27-17)29-15-20-19(26(29)31)6-5-7-22(20)34-16-18-9-11-23(24(14-18)32-4)33-13-12-28(2)3;1-17-7-10-22(25(31)27-17)29-14-21-20(26(29)32)5-4-6-23(21)34-16-18-8-9-19(15-30)24(13-18)33-12-11-28(2)3;1-14-5-8-20(22(28)24-14)25-10-19-18(23(25)29)3-2-4-21(19)30-13-15-6-7-16(11-26)17(9-15)12-27;1-13-8-9-18(20(25)23-13)24-11-17-16(21(24)26)6-3-7-19(17)27-12-14-4-2-5-15(22)10-14/h5-7,9,11,14,21H,1,8,10,12-13,15-16H2,2-4H3,(H,27,30);4-6,8-9,13,22,30H,1,7,10-12,14-16H2,2-3H3,(H,27,31);2-4,6-7,9,20,26-27H,1,5,8,10-13H2,(H,24,28);2-7,10,18H,1,8-9,11-12H2,(H,23,25). The minimum Gasteiger partial charge on any atom is -0.493 e. The normalized spacial score (nSPS) is 18.1. The van der Waals surface area contributed by atoms with Crippen molar-refractivity contribution in [2.45, 2.75) is 148 Å². The number of nitrogens with one attached hydrogen (secondary N) is 4. The molecule has 4 unspecified atom stereocenters. The number of fused-ring (bicyclic) bond motifs is 4. The van der Waals surface area contributed by atoms with Crippen molar-refractivity contribution in [3.63, 3.8) is 0 Å². The number of carbonyl (C=O) groups excluding carboxylic acids is 8. The van der Waals surface area contributed by atoms with Crippen LogP contribution in [0.1, 0.15) is 154 Å². The molecule has 4 atom stereocenters. The molecule has 125 heavy (non-hydrogen) atoms. The van der Waals surface area contributed by atoms with E-state index in [2.05, 4.69) is 52.5 Å². The molecule has 0 aliphatic carbocycles. The molecule has 0 spiro atoms. The Bertz CT molecular complexity index is 5480. The quantitative estimate of drug-likeness (QED) is 0.0239. The highest BCUT2D eigenvalue weighted by Crippen LogP contribution is 2.41. The largest absolute Gasteiger partial charge is 0.493 e. The van der Waals surface area contributed by atoms with Crippen LogP contribution < -0.4 is 54.4 Å². The van der Waals surface area contributed by atoms with Gasteiger partial charge >= 0.3 is 0 Å². The lowest BCUT2D eigenvalue weighted by atomic mass is 10.0. The molecule has 4 saturated heterocycles. The number of nitrogens with zero attached hydrogens (tertiary/aromatic N) is 6. The molecule has 7 N–H and O–H groups in total. The Hall–Kier alpha value is -12.8. The van der Waals surface area contributed by atoms with Gasteiger partial charge in [0.25, 0.3) is 23.6 Å². The monoisotopic (exact) mass is 1720 g/mol. The highest BCUT2D eigenvalue weighted by Gasteiger charge is 2.44. The molecule has 16 rings (SSSR count). The molecule has 28 nitrogen and oxygen atoms in total. The average molecular weight is 1720 g/mol. The summed E-state index contributed by atoms with van der Waals surface area (Å²) in [7, 11) is 9.55. The van der Waals surface area contributed by atoms with E-state index in [0.717, 1.165) is 63.2 Å². The molecule has 8 aliphatic rings. The zero-order valence-corrected chi connectivity index (χ0v) is 71.6. The molecular weight excluding hydrogens is 1620 g/mol. The number of allylic oxidation sites excluding steroid dienone is 4. The lowest BCUT2D eigenvalue weighted by Gasteiger charge is -2.31. The minimum absolute atomic E-state index is 0.106. The predicted octanol–water partition coefficient (Wildman–Crippen LogP) is 11.1. The number of methoxy groups -OCH3 is 1. The van der Waals surface area contributed by atoms with Crippen LogP contribution in [0.4, 0.5) is 0 Å². The van der Waals surface area contributed by atoms with E-state index in [0.29, 0.717) is 205 Å². The SMILES string of the molecule is C=C1CCC(N2Cc3c(OCc4ccc(CO)c(CO)c4)cccc3C2=O)C(=O)N1.C=C1CCC(N2Cc3c(OCc4ccc(CO)c(OCCN(C)C)c4)cccc3C2=O)C(=O)N1.C=C1CCC(N2Cc3c(OCc4ccc(OCCN(C)C)c(OC)c4)cccc3C2=O)C(=O)N1.C=C1CCC(N2Cc3c(OCc4cccc(Cl)c4)cccc3C2=O)C(=O)N1. The van der Waals surface area contributed by atoms with E-state index in [1.807, 2.05) is 124 Å². The number of likely N-dealkylation sites (N-methyl/N-ethyl adjacent to an activating group) is 2. The summed E-state index contributed by atoms with van der Waals surface area (Å²) in [5, 5.41) is 40.1. The first-order valence-corrected chi connectivity index (χ1v) is 41.8. The number of amides is 8. The van der Waals surface area contributed by atoms with Crippen LogP contribution >= 0.6 is 11.6 Å². The summed E-state index contributed by atoms with van der Waals surface area (Å²) in [6, 6.07) is 43.8. The van der Waals surface area contributed by atoms with Crippen LogP contribution in [0, 0.1) is 0 Å². The summed E-state index contributed by atoms with van der Waals surface area (Å²) in [5.74, 6) is 3.13. The second-order valence-electron chi connectivity index (χ2n) is 32.0. The Labute approximate surface area is 731 Å². The molecule has 29 heteroatoms. The topological polar surface area (TPSA) is 329 Å². The number of benzene rings is 8. The van der Waals surface area contributed by atoms with Crippen LogP contribution in [0.25, 0.3) is 0 Å². The van der Waals surface area contributed by atoms with Crippen molar-refractivity contribution in [1.82, 2.24) is 50.7 Å². The molecule has 8 aromatic rings. The fourth-order valence-corrected chi connectivity index (χ4v) is 16.2. The Morgan fingerprint density at radius 2 is 0.672 bits per heavy atom. The number of carbonyl (C=O) groups is 8. The summed E-state index contributed by atoms with van der Waals surface area (Å²) in [6.45, 7) is 20.0. The minimum atomic E-state index is -0.513. The lowest BCUT2D eigenvalue weighted by Crippen LogP contribution is -2.49. The molecular formula is C96H105ClN10O18. The molecule has 0 aromatic heterocycles. The van der Waals surface area contributed by atoms with Crippen LogP contribution in [0.15, 0.2) is 201 Å². The fraction of sp³-hybridized carbons (Fsp3) is 0.333. The van der Waals surface area contributed by atoms with Crippen molar-refractivity contribution in [1.29, 1.82) is 0 Å². The molecule has 8 aromatic carbocycles. The maximum atomic E-state index is 13.0. The van der Waals surface area contributed by atoms with Crippen LogP contribution in [-0.4, -0.2) is 178 Å². The summed E-state index contributed by atoms with van der Waals surface area (Å²) in [4.78, 5) is 112. The third-order valence-electron chi connectivity index (χ3n) is 22.8. The molecule has 8 amide bonds. The fourth-order valence-electron chi connectivity index (χ4n) is 16.0. The maximum Gasteiger partial charge on any atom is 0.255 e. The smallest absolute Gasteiger partial charge is 0.255 e. The van der Waals surface area contributed by atoms with Crippen LogP contribution in [0.5, 0.6) is 40.2 Å². The third-order valence-corrected chi connectivity index (χ3v) is 23.0. The van der Waals surface area contributed by atoms with Crippen molar-refractivity contribution in [2.24, 2.45) is 0 Å².